The van der Waals surface area contributed by atoms with Crippen molar-refractivity contribution in [2.75, 3.05) is 13.1 Å². The molecule has 1 heterocycles. The zero-order valence-electron chi connectivity index (χ0n) is 11.8. The van der Waals surface area contributed by atoms with Gasteiger partial charge < -0.3 is 5.32 Å². The monoisotopic (exact) mass is 310 g/mol. The molecule has 0 atom stereocenters. The van der Waals surface area contributed by atoms with E-state index in [9.17, 15) is 0 Å². The number of halogens is 1. The molecule has 1 aliphatic heterocycles. The van der Waals surface area contributed by atoms with Gasteiger partial charge in [-0.05, 0) is 39.3 Å². The summed E-state index contributed by atoms with van der Waals surface area (Å²) in [7, 11) is 0. The molecule has 1 aromatic rings. The quantitative estimate of drug-likeness (QED) is 0.900. The Bertz CT molecular complexity index is 426. The number of nitrogens with one attached hydrogen (secondary N) is 1. The van der Waals surface area contributed by atoms with Crippen LogP contribution in [-0.4, -0.2) is 29.1 Å². The van der Waals surface area contributed by atoms with E-state index >= 15 is 0 Å². The van der Waals surface area contributed by atoms with Crippen LogP contribution < -0.4 is 5.32 Å². The molecular formula is C15H23BrN2. The molecule has 100 valence electrons. The van der Waals surface area contributed by atoms with E-state index in [4.69, 9.17) is 0 Å². The summed E-state index contributed by atoms with van der Waals surface area (Å²) < 4.78 is 1.21. The van der Waals surface area contributed by atoms with Crippen molar-refractivity contribution in [3.8, 4) is 0 Å². The van der Waals surface area contributed by atoms with Gasteiger partial charge in [-0.2, -0.15) is 0 Å². The van der Waals surface area contributed by atoms with E-state index in [1.165, 1.54) is 10.0 Å². The van der Waals surface area contributed by atoms with Crippen molar-refractivity contribution in [2.24, 2.45) is 0 Å². The van der Waals surface area contributed by atoms with Crippen LogP contribution in [0.15, 0.2) is 28.7 Å². The molecule has 0 amide bonds. The van der Waals surface area contributed by atoms with Gasteiger partial charge in [0.2, 0.25) is 0 Å². The van der Waals surface area contributed by atoms with Gasteiger partial charge in [-0.3, -0.25) is 4.90 Å². The highest BCUT2D eigenvalue weighted by atomic mass is 79.9. The maximum absolute atomic E-state index is 3.65. The average Bonchev–Trinajstić information content (AvgIpc) is 2.27. The van der Waals surface area contributed by atoms with Crippen molar-refractivity contribution in [2.45, 2.75) is 45.3 Å². The first-order valence-corrected chi connectivity index (χ1v) is 7.33. The smallest absolute Gasteiger partial charge is 0.0282 e. The van der Waals surface area contributed by atoms with Crippen LogP contribution in [0.4, 0.5) is 0 Å². The summed E-state index contributed by atoms with van der Waals surface area (Å²) in [6.07, 6.45) is 0. The van der Waals surface area contributed by atoms with Crippen molar-refractivity contribution < 1.29 is 0 Å². The Balaban J connectivity index is 2.18. The van der Waals surface area contributed by atoms with Crippen LogP contribution >= 0.6 is 15.9 Å². The third-order valence-corrected chi connectivity index (χ3v) is 4.53. The zero-order chi connectivity index (χ0) is 13.4. The minimum Gasteiger partial charge on any atom is -0.309 e. The minimum absolute atomic E-state index is 0.191. The molecule has 0 aromatic heterocycles. The Labute approximate surface area is 119 Å². The van der Waals surface area contributed by atoms with Gasteiger partial charge in [-0.15, -0.1) is 0 Å². The lowest BCUT2D eigenvalue weighted by molar-refractivity contribution is 0.0322. The lowest BCUT2D eigenvalue weighted by Crippen LogP contribution is -2.65. The minimum atomic E-state index is 0.191. The molecule has 2 nitrogen and oxygen atoms in total. The second-order valence-corrected chi connectivity index (χ2v) is 7.35. The SMILES string of the molecule is CC1(C)CN(Cc2ccccc2Br)C(C)(C)CN1. The number of benzene rings is 1. The maximum atomic E-state index is 3.65. The maximum Gasteiger partial charge on any atom is 0.0282 e. The summed E-state index contributed by atoms with van der Waals surface area (Å²) in [6.45, 7) is 12.3. The molecule has 0 spiro atoms. The van der Waals surface area contributed by atoms with Gasteiger partial charge in [-0.1, -0.05) is 34.1 Å². The highest BCUT2D eigenvalue weighted by Crippen LogP contribution is 2.27. The summed E-state index contributed by atoms with van der Waals surface area (Å²) in [5, 5.41) is 3.63. The fraction of sp³-hybridized carbons (Fsp3) is 0.600. The van der Waals surface area contributed by atoms with Crippen LogP contribution in [-0.2, 0) is 6.54 Å². The van der Waals surface area contributed by atoms with Crippen LogP contribution in [0.3, 0.4) is 0 Å². The summed E-state index contributed by atoms with van der Waals surface area (Å²) in [5.74, 6) is 0. The van der Waals surface area contributed by atoms with Gasteiger partial charge in [0.05, 0.1) is 0 Å². The third kappa shape index (κ3) is 3.14. The Kier molecular flexibility index (Phi) is 3.86. The summed E-state index contributed by atoms with van der Waals surface area (Å²) in [5.41, 5.74) is 1.75. The average molecular weight is 311 g/mol. The van der Waals surface area contributed by atoms with Gasteiger partial charge in [-0.25, -0.2) is 0 Å². The van der Waals surface area contributed by atoms with Crippen LogP contribution in [0.1, 0.15) is 33.3 Å². The second-order valence-electron chi connectivity index (χ2n) is 6.50. The van der Waals surface area contributed by atoms with E-state index < -0.39 is 0 Å². The Morgan fingerprint density at radius 3 is 2.56 bits per heavy atom. The lowest BCUT2D eigenvalue weighted by Gasteiger charge is -2.49. The molecule has 0 radical (unpaired) electrons. The highest BCUT2D eigenvalue weighted by Gasteiger charge is 2.37. The van der Waals surface area contributed by atoms with E-state index in [1.807, 2.05) is 0 Å². The van der Waals surface area contributed by atoms with Gasteiger partial charge in [0.25, 0.3) is 0 Å². The molecule has 1 aliphatic rings. The molecule has 1 saturated heterocycles. The lowest BCUT2D eigenvalue weighted by atomic mass is 9.91. The molecule has 0 saturated carbocycles. The first-order chi connectivity index (χ1) is 8.30. The Morgan fingerprint density at radius 1 is 1.22 bits per heavy atom. The predicted molar refractivity (Wildman–Crippen MR) is 80.7 cm³/mol. The first kappa shape index (κ1) is 14.0. The number of hydrogen-bond donors (Lipinski definition) is 1. The summed E-state index contributed by atoms with van der Waals surface area (Å²) >= 11 is 3.65. The second kappa shape index (κ2) is 4.95. The van der Waals surface area contributed by atoms with E-state index in [-0.39, 0.29) is 11.1 Å². The van der Waals surface area contributed by atoms with Crippen LogP contribution in [0.25, 0.3) is 0 Å². The van der Waals surface area contributed by atoms with E-state index in [2.05, 4.69) is 78.1 Å². The summed E-state index contributed by atoms with van der Waals surface area (Å²) in [6, 6.07) is 8.51. The van der Waals surface area contributed by atoms with Crippen molar-refractivity contribution >= 4 is 15.9 Å². The van der Waals surface area contributed by atoms with Crippen molar-refractivity contribution in [1.82, 2.24) is 10.2 Å². The zero-order valence-corrected chi connectivity index (χ0v) is 13.3. The highest BCUT2D eigenvalue weighted by molar-refractivity contribution is 9.10. The number of rotatable bonds is 2. The number of nitrogens with zero attached hydrogens (tertiary/aromatic N) is 1. The first-order valence-electron chi connectivity index (χ1n) is 6.54. The molecule has 1 N–H and O–H groups in total. The molecule has 0 bridgehead atoms. The topological polar surface area (TPSA) is 15.3 Å². The molecular weight excluding hydrogens is 288 g/mol. The third-order valence-electron chi connectivity index (χ3n) is 3.76. The molecule has 1 aromatic carbocycles. The molecule has 1 fully saturated rings. The van der Waals surface area contributed by atoms with Crippen LogP contribution in [0, 0.1) is 0 Å². The number of hydrogen-bond acceptors (Lipinski definition) is 2. The summed E-state index contributed by atoms with van der Waals surface area (Å²) in [4.78, 5) is 2.57. The van der Waals surface area contributed by atoms with Crippen LogP contribution in [0.2, 0.25) is 0 Å². The van der Waals surface area contributed by atoms with Gasteiger partial charge in [0, 0.05) is 35.2 Å². The van der Waals surface area contributed by atoms with Crippen molar-refractivity contribution in [3.63, 3.8) is 0 Å². The Morgan fingerprint density at radius 2 is 1.89 bits per heavy atom. The fourth-order valence-corrected chi connectivity index (χ4v) is 2.83. The van der Waals surface area contributed by atoms with Crippen LogP contribution in [0.5, 0.6) is 0 Å². The Hall–Kier alpha value is -0.380. The molecule has 2 rings (SSSR count). The van der Waals surface area contributed by atoms with Gasteiger partial charge in [0.1, 0.15) is 0 Å². The molecule has 0 aliphatic carbocycles. The largest absolute Gasteiger partial charge is 0.309 e. The van der Waals surface area contributed by atoms with E-state index in [0.29, 0.717) is 0 Å². The molecule has 0 unspecified atom stereocenters. The van der Waals surface area contributed by atoms with Crippen molar-refractivity contribution in [3.05, 3.63) is 34.3 Å². The van der Waals surface area contributed by atoms with Gasteiger partial charge >= 0.3 is 0 Å². The number of piperazine rings is 1. The standard InChI is InChI=1S/C15H23BrN2/c1-14(2)11-18(15(3,4)10-17-14)9-12-7-5-6-8-13(12)16/h5-8,17H,9-11H2,1-4H3. The molecule has 18 heavy (non-hydrogen) atoms. The normalized spacial score (nSPS) is 22.9. The fourth-order valence-electron chi connectivity index (χ4n) is 2.42. The van der Waals surface area contributed by atoms with E-state index in [1.54, 1.807) is 0 Å². The molecule has 3 heteroatoms. The van der Waals surface area contributed by atoms with E-state index in [0.717, 1.165) is 19.6 Å². The van der Waals surface area contributed by atoms with Gasteiger partial charge in [0.15, 0.2) is 0 Å². The predicted octanol–water partition coefficient (Wildman–Crippen LogP) is 3.41. The van der Waals surface area contributed by atoms with Crippen molar-refractivity contribution in [1.29, 1.82) is 0 Å².